The number of hydrogen-bond donors (Lipinski definition) is 0. The van der Waals surface area contributed by atoms with Gasteiger partial charge in [-0.3, -0.25) is 19.3 Å². The predicted octanol–water partition coefficient (Wildman–Crippen LogP) is 3.79. The lowest BCUT2D eigenvalue weighted by Gasteiger charge is -2.41. The number of piperidine rings is 1. The number of amides is 3. The second-order valence-electron chi connectivity index (χ2n) is 12.5. The van der Waals surface area contributed by atoms with Crippen LogP contribution in [0.3, 0.4) is 0 Å². The van der Waals surface area contributed by atoms with Crippen LogP contribution in [-0.4, -0.2) is 96.3 Å². The Balaban J connectivity index is 1.26. The fraction of sp³-hybridized carbons (Fsp3) is 0.719. The molecule has 3 fully saturated rings. The van der Waals surface area contributed by atoms with Crippen molar-refractivity contribution < 1.29 is 19.1 Å². The lowest BCUT2D eigenvalue weighted by atomic mass is 9.80. The van der Waals surface area contributed by atoms with Crippen LogP contribution in [0.1, 0.15) is 70.3 Å². The van der Waals surface area contributed by atoms with Gasteiger partial charge in [-0.25, -0.2) is 0 Å². The number of rotatable bonds is 4. The Morgan fingerprint density at radius 3 is 2.40 bits per heavy atom. The van der Waals surface area contributed by atoms with Crippen LogP contribution in [0.15, 0.2) is 24.3 Å². The summed E-state index contributed by atoms with van der Waals surface area (Å²) in [7, 11) is 0. The van der Waals surface area contributed by atoms with Gasteiger partial charge >= 0.3 is 0 Å². The number of carbonyl (C=O) groups excluding carboxylic acids is 3. The van der Waals surface area contributed by atoms with Crippen molar-refractivity contribution in [2.45, 2.75) is 71.3 Å². The van der Waals surface area contributed by atoms with E-state index in [4.69, 9.17) is 4.74 Å². The number of carbonyl (C=O) groups is 3. The van der Waals surface area contributed by atoms with E-state index in [0.29, 0.717) is 57.6 Å². The molecule has 0 radical (unpaired) electrons. The molecule has 8 heteroatoms. The Morgan fingerprint density at radius 2 is 1.62 bits per heavy atom. The molecular weight excluding hydrogens is 504 g/mol. The lowest BCUT2D eigenvalue weighted by molar-refractivity contribution is -0.140. The molecule has 2 bridgehead atoms. The molecule has 2 saturated heterocycles. The topological polar surface area (TPSA) is 73.4 Å². The number of hydrogen-bond acceptors (Lipinski definition) is 5. The molecule has 3 aliphatic heterocycles. The maximum Gasteiger partial charge on any atom is 0.236 e. The molecular formula is C32H48N4O4. The Labute approximate surface area is 240 Å². The third-order valence-corrected chi connectivity index (χ3v) is 9.70. The van der Waals surface area contributed by atoms with Gasteiger partial charge in [-0.15, -0.1) is 0 Å². The van der Waals surface area contributed by atoms with E-state index in [-0.39, 0.29) is 23.6 Å². The van der Waals surface area contributed by atoms with Crippen LogP contribution in [-0.2, 0) is 20.9 Å². The molecule has 0 N–H and O–H groups in total. The zero-order valence-electron chi connectivity index (χ0n) is 24.4. The Morgan fingerprint density at radius 1 is 0.875 bits per heavy atom. The molecule has 8 nitrogen and oxygen atoms in total. The molecule has 1 aromatic rings. The maximum absolute atomic E-state index is 13.7. The second kappa shape index (κ2) is 13.8. The number of benzene rings is 1. The van der Waals surface area contributed by atoms with Gasteiger partial charge < -0.3 is 19.4 Å². The summed E-state index contributed by atoms with van der Waals surface area (Å²) in [5.74, 6) is 2.66. The molecule has 5 rings (SSSR count). The minimum absolute atomic E-state index is 0.0790. The van der Waals surface area contributed by atoms with Gasteiger partial charge in [0.2, 0.25) is 17.7 Å². The summed E-state index contributed by atoms with van der Waals surface area (Å²) in [5.41, 5.74) is 1.16. The molecule has 1 aliphatic carbocycles. The van der Waals surface area contributed by atoms with E-state index in [9.17, 15) is 14.4 Å². The first kappa shape index (κ1) is 28.9. The fourth-order valence-electron chi connectivity index (χ4n) is 7.28. The van der Waals surface area contributed by atoms with Gasteiger partial charge in [-0.1, -0.05) is 37.5 Å². The van der Waals surface area contributed by atoms with Crippen molar-refractivity contribution in [2.24, 2.45) is 17.8 Å². The van der Waals surface area contributed by atoms with Crippen molar-refractivity contribution >= 4 is 17.7 Å². The van der Waals surface area contributed by atoms with Gasteiger partial charge in [0.15, 0.2) is 0 Å². The van der Waals surface area contributed by atoms with Gasteiger partial charge in [0.1, 0.15) is 5.75 Å². The standard InChI is InChI=1S/C32H48N4O4/c1-25(37)34-15-17-35(18-16-34)31(38)20-27-13-14-36-23-28(27)11-7-19-40-30-12-6-5-10-29(30)22-33(24-32(36)39)21-26-8-3-2-4-9-26/h5-6,10,12,26-28H,2-4,7-9,11,13-24H2,1H3/t27-,28-/m0/s1. The van der Waals surface area contributed by atoms with Crippen LogP contribution < -0.4 is 4.74 Å². The van der Waals surface area contributed by atoms with E-state index in [1.807, 2.05) is 15.9 Å². The third-order valence-electron chi connectivity index (χ3n) is 9.70. The monoisotopic (exact) mass is 552 g/mol. The Hall–Kier alpha value is -2.61. The van der Waals surface area contributed by atoms with E-state index >= 15 is 0 Å². The van der Waals surface area contributed by atoms with Gasteiger partial charge in [0.25, 0.3) is 0 Å². The smallest absolute Gasteiger partial charge is 0.236 e. The number of ether oxygens (including phenoxy) is 1. The number of nitrogens with zero attached hydrogens (tertiary/aromatic N) is 4. The fourth-order valence-corrected chi connectivity index (χ4v) is 7.28. The normalized spacial score (nSPS) is 25.7. The first-order chi connectivity index (χ1) is 19.5. The molecule has 0 aromatic heterocycles. The van der Waals surface area contributed by atoms with Crippen LogP contribution in [0, 0.1) is 17.8 Å². The van der Waals surface area contributed by atoms with E-state index in [2.05, 4.69) is 28.0 Å². The maximum atomic E-state index is 13.7. The SMILES string of the molecule is CC(=O)N1CCN(C(=O)C[C@@H]2CCN3C[C@@H]2CCCOc2ccccc2CN(CC2CCCCC2)CC3=O)CC1. The average Bonchev–Trinajstić information content (AvgIpc) is 2.97. The molecule has 220 valence electrons. The first-order valence-corrected chi connectivity index (χ1v) is 15.7. The van der Waals surface area contributed by atoms with E-state index in [0.717, 1.165) is 56.8 Å². The highest BCUT2D eigenvalue weighted by atomic mass is 16.5. The third kappa shape index (κ3) is 7.56. The summed E-state index contributed by atoms with van der Waals surface area (Å²) < 4.78 is 6.31. The summed E-state index contributed by atoms with van der Waals surface area (Å²) in [6.45, 7) is 8.33. The molecule has 40 heavy (non-hydrogen) atoms. The summed E-state index contributed by atoms with van der Waals surface area (Å²) in [4.78, 5) is 46.8. The van der Waals surface area contributed by atoms with Crippen LogP contribution in [0.5, 0.6) is 5.75 Å². The number of fused-ring (bicyclic) bond motifs is 3. The summed E-state index contributed by atoms with van der Waals surface area (Å²) in [6, 6.07) is 8.30. The molecule has 3 amide bonds. The van der Waals surface area contributed by atoms with Crippen molar-refractivity contribution in [3.63, 3.8) is 0 Å². The van der Waals surface area contributed by atoms with Gasteiger partial charge in [0.05, 0.1) is 13.2 Å². The van der Waals surface area contributed by atoms with E-state index in [1.165, 1.54) is 32.1 Å². The molecule has 1 saturated carbocycles. The first-order valence-electron chi connectivity index (χ1n) is 15.7. The van der Waals surface area contributed by atoms with Crippen LogP contribution in [0.25, 0.3) is 0 Å². The highest BCUT2D eigenvalue weighted by Gasteiger charge is 2.35. The molecule has 1 aromatic carbocycles. The summed E-state index contributed by atoms with van der Waals surface area (Å²) >= 11 is 0. The lowest BCUT2D eigenvalue weighted by Crippen LogP contribution is -2.51. The van der Waals surface area contributed by atoms with E-state index < -0.39 is 0 Å². The summed E-state index contributed by atoms with van der Waals surface area (Å²) in [5, 5.41) is 0. The van der Waals surface area contributed by atoms with Crippen molar-refractivity contribution in [2.75, 3.05) is 59.0 Å². The molecule has 0 unspecified atom stereocenters. The molecule has 2 atom stereocenters. The number of piperazine rings is 1. The van der Waals surface area contributed by atoms with Crippen LogP contribution >= 0.6 is 0 Å². The van der Waals surface area contributed by atoms with Crippen LogP contribution in [0.4, 0.5) is 0 Å². The van der Waals surface area contributed by atoms with Crippen molar-refractivity contribution in [3.8, 4) is 5.75 Å². The quantitative estimate of drug-likeness (QED) is 0.569. The highest BCUT2D eigenvalue weighted by Crippen LogP contribution is 2.32. The van der Waals surface area contributed by atoms with Gasteiger partial charge in [0, 0.05) is 71.3 Å². The minimum atomic E-state index is 0.0790. The molecule has 3 heterocycles. The predicted molar refractivity (Wildman–Crippen MR) is 155 cm³/mol. The minimum Gasteiger partial charge on any atom is -0.493 e. The second-order valence-corrected chi connectivity index (χ2v) is 12.5. The Kier molecular flexibility index (Phi) is 10.00. The zero-order chi connectivity index (χ0) is 27.9. The zero-order valence-corrected chi connectivity index (χ0v) is 24.4. The van der Waals surface area contributed by atoms with E-state index in [1.54, 1.807) is 6.92 Å². The largest absolute Gasteiger partial charge is 0.493 e. The summed E-state index contributed by atoms with van der Waals surface area (Å²) in [6.07, 6.45) is 9.72. The molecule has 4 aliphatic rings. The van der Waals surface area contributed by atoms with Crippen molar-refractivity contribution in [3.05, 3.63) is 29.8 Å². The number of para-hydroxylation sites is 1. The van der Waals surface area contributed by atoms with Gasteiger partial charge in [-0.05, 0) is 55.9 Å². The Bertz CT molecular complexity index is 1020. The average molecular weight is 553 g/mol. The highest BCUT2D eigenvalue weighted by molar-refractivity contribution is 5.79. The van der Waals surface area contributed by atoms with Gasteiger partial charge in [-0.2, -0.15) is 0 Å². The molecule has 0 spiro atoms. The van der Waals surface area contributed by atoms with Crippen molar-refractivity contribution in [1.29, 1.82) is 0 Å². The van der Waals surface area contributed by atoms with Crippen molar-refractivity contribution in [1.82, 2.24) is 19.6 Å². The van der Waals surface area contributed by atoms with Crippen LogP contribution in [0.2, 0.25) is 0 Å².